The van der Waals surface area contributed by atoms with E-state index in [2.05, 4.69) is 6.92 Å². The normalized spacial score (nSPS) is 40.9. The molecule has 13 heavy (non-hydrogen) atoms. The predicted molar refractivity (Wildman–Crippen MR) is 42.8 cm³/mol. The Balaban J connectivity index is 2.30. The highest BCUT2D eigenvalue weighted by molar-refractivity contribution is 5.91. The van der Waals surface area contributed by atoms with Crippen molar-refractivity contribution in [3.05, 3.63) is 19.1 Å². The van der Waals surface area contributed by atoms with Crippen LogP contribution in [0.5, 0.6) is 0 Å². The van der Waals surface area contributed by atoms with Crippen molar-refractivity contribution in [3.8, 4) is 0 Å². The van der Waals surface area contributed by atoms with Gasteiger partial charge in [0.15, 0.2) is 0 Å². The van der Waals surface area contributed by atoms with Crippen LogP contribution in [0, 0.1) is 18.8 Å². The highest BCUT2D eigenvalue weighted by atomic mass is 16.5. The zero-order valence-corrected chi connectivity index (χ0v) is 6.84. The zero-order valence-electron chi connectivity index (χ0n) is 6.84. The van der Waals surface area contributed by atoms with Gasteiger partial charge in [0.2, 0.25) is 0 Å². The third kappa shape index (κ3) is 1.06. The molecule has 2 unspecified atom stereocenters. The van der Waals surface area contributed by atoms with E-state index < -0.39 is 23.9 Å². The van der Waals surface area contributed by atoms with Crippen LogP contribution in [0.3, 0.4) is 0 Å². The van der Waals surface area contributed by atoms with Crippen molar-refractivity contribution in [1.82, 2.24) is 0 Å². The van der Waals surface area contributed by atoms with E-state index in [1.807, 2.05) is 0 Å². The van der Waals surface area contributed by atoms with Crippen LogP contribution in [0.4, 0.5) is 0 Å². The van der Waals surface area contributed by atoms with Crippen molar-refractivity contribution in [2.45, 2.75) is 12.2 Å². The molecule has 68 valence electrons. The summed E-state index contributed by atoms with van der Waals surface area (Å²) in [6, 6.07) is 0. The summed E-state index contributed by atoms with van der Waals surface area (Å²) < 4.78 is 5.27. The number of aliphatic carboxylic acids is 1. The number of carboxylic acid groups (broad SMARTS) is 1. The first-order chi connectivity index (χ1) is 6.11. The second-order valence-corrected chi connectivity index (χ2v) is 3.31. The first-order valence-electron chi connectivity index (χ1n) is 4.03. The molecule has 0 aromatic rings. The Hall–Kier alpha value is -1.29. The van der Waals surface area contributed by atoms with Crippen LogP contribution in [0.15, 0.2) is 12.2 Å². The van der Waals surface area contributed by atoms with E-state index in [4.69, 9.17) is 9.84 Å². The molecule has 2 aliphatic rings. The van der Waals surface area contributed by atoms with Gasteiger partial charge < -0.3 is 9.84 Å². The molecule has 2 heterocycles. The molecule has 0 saturated carbocycles. The highest BCUT2D eigenvalue weighted by Crippen LogP contribution is 2.39. The van der Waals surface area contributed by atoms with Crippen LogP contribution >= 0.6 is 0 Å². The Morgan fingerprint density at radius 2 is 1.77 bits per heavy atom. The Morgan fingerprint density at radius 1 is 1.23 bits per heavy atom. The maximum Gasteiger partial charge on any atom is 0.310 e. The van der Waals surface area contributed by atoms with Crippen molar-refractivity contribution in [2.75, 3.05) is 0 Å². The summed E-state index contributed by atoms with van der Waals surface area (Å²) in [5, 5.41) is 8.86. The monoisotopic (exact) mass is 181 g/mol. The molecule has 0 radical (unpaired) electrons. The summed E-state index contributed by atoms with van der Waals surface area (Å²) in [4.78, 5) is 21.9. The third-order valence-corrected chi connectivity index (χ3v) is 2.56. The molecular formula is C9H9O4+. The van der Waals surface area contributed by atoms with Crippen LogP contribution in [-0.4, -0.2) is 29.1 Å². The molecule has 0 spiro atoms. The summed E-state index contributed by atoms with van der Waals surface area (Å²) in [6.45, 7) is 3.26. The summed E-state index contributed by atoms with van der Waals surface area (Å²) in [5.74, 6) is -2.70. The topological polar surface area (TPSA) is 63.6 Å². The molecule has 2 rings (SSSR count). The average Bonchev–Trinajstić information content (AvgIpc) is 2.60. The molecule has 2 aliphatic heterocycles. The molecule has 1 saturated heterocycles. The highest BCUT2D eigenvalue weighted by Gasteiger charge is 2.54. The van der Waals surface area contributed by atoms with E-state index in [1.165, 1.54) is 0 Å². The van der Waals surface area contributed by atoms with E-state index in [0.29, 0.717) is 0 Å². The fraction of sp³-hybridized carbons (Fsp3) is 0.444. The second-order valence-electron chi connectivity index (χ2n) is 3.31. The molecule has 4 atom stereocenters. The molecule has 4 nitrogen and oxygen atoms in total. The summed E-state index contributed by atoms with van der Waals surface area (Å²) in [7, 11) is 0. The second kappa shape index (κ2) is 2.60. The van der Waals surface area contributed by atoms with Gasteiger partial charge in [-0.2, -0.15) is 0 Å². The van der Waals surface area contributed by atoms with Gasteiger partial charge in [-0.25, -0.2) is 4.79 Å². The largest absolute Gasteiger partial charge is 0.481 e. The summed E-state index contributed by atoms with van der Waals surface area (Å²) in [5.41, 5.74) is 0. The number of carboxylic acids is 1. The predicted octanol–water partition coefficient (Wildman–Crippen LogP) is 0.0438. The van der Waals surface area contributed by atoms with Gasteiger partial charge in [-0.3, -0.25) is 4.79 Å². The lowest BCUT2D eigenvalue weighted by Crippen LogP contribution is -2.35. The Labute approximate surface area is 75.2 Å². The van der Waals surface area contributed by atoms with Crippen LogP contribution < -0.4 is 0 Å². The van der Waals surface area contributed by atoms with E-state index in [9.17, 15) is 9.59 Å². The zero-order chi connectivity index (χ0) is 9.59. The molecule has 0 aromatic carbocycles. The van der Waals surface area contributed by atoms with Crippen molar-refractivity contribution in [1.29, 1.82) is 0 Å². The van der Waals surface area contributed by atoms with Gasteiger partial charge in [0, 0.05) is 0 Å². The molecule has 4 heteroatoms. The number of carbonyl (C=O) groups is 2. The molecule has 0 amide bonds. The van der Waals surface area contributed by atoms with Gasteiger partial charge in [-0.1, -0.05) is 12.2 Å². The van der Waals surface area contributed by atoms with Gasteiger partial charge in [0.1, 0.15) is 18.8 Å². The smallest absolute Gasteiger partial charge is 0.310 e. The molecule has 0 aliphatic carbocycles. The summed E-state index contributed by atoms with van der Waals surface area (Å²) in [6.07, 6.45) is 2.61. The quantitative estimate of drug-likeness (QED) is 0.482. The van der Waals surface area contributed by atoms with Crippen molar-refractivity contribution < 1.29 is 19.4 Å². The van der Waals surface area contributed by atoms with Crippen LogP contribution in [0.25, 0.3) is 0 Å². The number of carbonyl (C=O) groups excluding carboxylic acids is 1. The average molecular weight is 181 g/mol. The maximum atomic E-state index is 11.1. The van der Waals surface area contributed by atoms with E-state index in [-0.39, 0.29) is 11.9 Å². The minimum Gasteiger partial charge on any atom is -0.481 e. The van der Waals surface area contributed by atoms with Gasteiger partial charge in [0.05, 0.1) is 12.2 Å². The lowest BCUT2D eigenvalue weighted by atomic mass is 9.81. The number of ketones is 1. The molecule has 1 fully saturated rings. The van der Waals surface area contributed by atoms with Crippen molar-refractivity contribution >= 4 is 11.8 Å². The van der Waals surface area contributed by atoms with Crippen molar-refractivity contribution in [2.24, 2.45) is 11.8 Å². The first-order valence-corrected chi connectivity index (χ1v) is 4.03. The standard InChI is InChI=1S/C9H8O4/c1-4(10)7-5-2-3-6(13-5)8(7)9(11)12/h2-3,5-8H,1H2/p+1/t5-,6+,7?,8?/m0/s1. The number of hydrogen-bond donors (Lipinski definition) is 1. The van der Waals surface area contributed by atoms with Crippen molar-refractivity contribution in [3.63, 3.8) is 0 Å². The number of hydrogen-bond acceptors (Lipinski definition) is 3. The fourth-order valence-corrected chi connectivity index (χ4v) is 1.99. The minimum absolute atomic E-state index is 0.357. The van der Waals surface area contributed by atoms with Crippen LogP contribution in [-0.2, 0) is 14.3 Å². The molecule has 1 N–H and O–H groups in total. The minimum atomic E-state index is -0.987. The van der Waals surface area contributed by atoms with Gasteiger partial charge in [0.25, 0.3) is 0 Å². The van der Waals surface area contributed by atoms with Crippen LogP contribution in [0.2, 0.25) is 0 Å². The van der Waals surface area contributed by atoms with E-state index in [0.717, 1.165) is 0 Å². The fourth-order valence-electron chi connectivity index (χ4n) is 1.99. The lowest BCUT2D eigenvalue weighted by Gasteiger charge is -2.15. The van der Waals surface area contributed by atoms with Gasteiger partial charge in [-0.15, -0.1) is 0 Å². The maximum absolute atomic E-state index is 11.1. The number of rotatable bonds is 2. The Morgan fingerprint density at radius 3 is 2.15 bits per heavy atom. The summed E-state index contributed by atoms with van der Waals surface area (Å²) >= 11 is 0. The number of Topliss-reactive ketones (excluding diaryl/α,β-unsaturated/α-hetero) is 1. The lowest BCUT2D eigenvalue weighted by molar-refractivity contribution is -0.145. The third-order valence-electron chi connectivity index (χ3n) is 2.56. The first kappa shape index (κ1) is 8.31. The van der Waals surface area contributed by atoms with Gasteiger partial charge in [-0.05, 0) is 0 Å². The van der Waals surface area contributed by atoms with Crippen LogP contribution in [0.1, 0.15) is 0 Å². The van der Waals surface area contributed by atoms with Gasteiger partial charge >= 0.3 is 11.8 Å². The molecule has 0 aromatic heterocycles. The SMILES string of the molecule is [CH2+]C(=O)C1C(C(=O)O)[C@H]2C=C[C@@H]1O2. The Bertz CT molecular complexity index is 266. The Kier molecular flexibility index (Phi) is 1.66. The van der Waals surface area contributed by atoms with E-state index in [1.54, 1.807) is 12.2 Å². The molecular weight excluding hydrogens is 172 g/mol. The number of ether oxygens (including phenoxy) is 1. The number of fused-ring (bicyclic) bond motifs is 2. The van der Waals surface area contributed by atoms with E-state index >= 15 is 0 Å². The molecule has 2 bridgehead atoms.